The lowest BCUT2D eigenvalue weighted by Crippen LogP contribution is -2.31. The number of methoxy groups -OCH3 is 1. The lowest BCUT2D eigenvalue weighted by molar-refractivity contribution is 0.0951. The average molecular weight is 484 g/mol. The molecular formula is C23H21N3O7S. The summed E-state index contributed by atoms with van der Waals surface area (Å²) in [5.41, 5.74) is 1.10. The van der Waals surface area contributed by atoms with Gasteiger partial charge in [-0.25, -0.2) is 22.9 Å². The van der Waals surface area contributed by atoms with Crippen LogP contribution in [0.2, 0.25) is 0 Å². The van der Waals surface area contributed by atoms with Crippen LogP contribution in [0.5, 0.6) is 5.88 Å². The zero-order chi connectivity index (χ0) is 24.6. The summed E-state index contributed by atoms with van der Waals surface area (Å²) in [5.74, 6) is -1.52. The van der Waals surface area contributed by atoms with E-state index in [1.54, 1.807) is 0 Å². The quantitative estimate of drug-likeness (QED) is 0.465. The van der Waals surface area contributed by atoms with Gasteiger partial charge in [0.05, 0.1) is 17.6 Å². The Morgan fingerprint density at radius 3 is 2.35 bits per heavy atom. The third-order valence-corrected chi connectivity index (χ3v) is 5.86. The molecule has 0 aliphatic carbocycles. The summed E-state index contributed by atoms with van der Waals surface area (Å²) < 4.78 is 36.3. The van der Waals surface area contributed by atoms with E-state index < -0.39 is 28.0 Å². The van der Waals surface area contributed by atoms with Gasteiger partial charge in [0.15, 0.2) is 0 Å². The number of benzene rings is 2. The fourth-order valence-electron chi connectivity index (χ4n) is 2.81. The number of rotatable bonds is 8. The number of ether oxygens (including phenoxy) is 2. The zero-order valence-electron chi connectivity index (χ0n) is 18.1. The van der Waals surface area contributed by atoms with Crippen molar-refractivity contribution in [1.29, 1.82) is 0 Å². The number of amides is 2. The first-order chi connectivity index (χ1) is 16.3. The van der Waals surface area contributed by atoms with Gasteiger partial charge in [-0.3, -0.25) is 9.59 Å². The second-order valence-electron chi connectivity index (χ2n) is 6.90. The molecule has 0 aliphatic rings. The van der Waals surface area contributed by atoms with E-state index in [4.69, 9.17) is 4.74 Å². The number of carbonyl (C=O) groups excluding carboxylic acids is 3. The number of hydrogen-bond donors (Lipinski definition) is 2. The van der Waals surface area contributed by atoms with Gasteiger partial charge in [-0.1, -0.05) is 36.4 Å². The molecule has 0 fully saturated rings. The number of pyridine rings is 1. The molecule has 0 aliphatic heterocycles. The fourth-order valence-corrected chi connectivity index (χ4v) is 3.83. The Hall–Kier alpha value is -4.25. The number of aromatic nitrogens is 1. The van der Waals surface area contributed by atoms with Crippen LogP contribution in [0.25, 0.3) is 0 Å². The highest BCUT2D eigenvalue weighted by molar-refractivity contribution is 7.90. The highest BCUT2D eigenvalue weighted by atomic mass is 32.2. The molecular weight excluding hydrogens is 462 g/mol. The summed E-state index contributed by atoms with van der Waals surface area (Å²) in [6.45, 7) is 0.374. The molecule has 34 heavy (non-hydrogen) atoms. The molecule has 2 aromatic carbocycles. The number of hydrogen-bond acceptors (Lipinski definition) is 8. The Morgan fingerprint density at radius 1 is 0.912 bits per heavy atom. The summed E-state index contributed by atoms with van der Waals surface area (Å²) in [7, 11) is -3.15. The van der Waals surface area contributed by atoms with Crippen LogP contribution in [0, 0.1) is 0 Å². The minimum Gasteiger partial charge on any atom is -0.437 e. The highest BCUT2D eigenvalue weighted by Crippen LogP contribution is 2.14. The van der Waals surface area contributed by atoms with Gasteiger partial charge in [0.25, 0.3) is 21.8 Å². The smallest absolute Gasteiger partial charge is 0.437 e. The minimum atomic E-state index is -4.27. The topological polar surface area (TPSA) is 141 Å². The summed E-state index contributed by atoms with van der Waals surface area (Å²) in [6.07, 6.45) is 0.675. The van der Waals surface area contributed by atoms with Crippen molar-refractivity contribution >= 4 is 28.0 Å². The molecule has 0 bridgehead atoms. The molecule has 0 unspecified atom stereocenters. The van der Waals surface area contributed by atoms with Gasteiger partial charge < -0.3 is 14.8 Å². The predicted octanol–water partition coefficient (Wildman–Crippen LogP) is 2.32. The van der Waals surface area contributed by atoms with Gasteiger partial charge >= 0.3 is 6.16 Å². The van der Waals surface area contributed by atoms with Gasteiger partial charge in [0.2, 0.25) is 5.88 Å². The number of sulfonamides is 1. The number of carbonyl (C=O) groups is 3. The second kappa shape index (κ2) is 11.1. The van der Waals surface area contributed by atoms with E-state index >= 15 is 0 Å². The zero-order valence-corrected chi connectivity index (χ0v) is 18.9. The molecule has 0 spiro atoms. The van der Waals surface area contributed by atoms with E-state index in [1.165, 1.54) is 36.4 Å². The van der Waals surface area contributed by atoms with E-state index in [0.717, 1.165) is 18.9 Å². The third kappa shape index (κ3) is 6.62. The molecule has 2 N–H and O–H groups in total. The molecule has 3 rings (SSSR count). The summed E-state index contributed by atoms with van der Waals surface area (Å²) in [4.78, 5) is 39.4. The van der Waals surface area contributed by atoms with Gasteiger partial charge in [-0.05, 0) is 36.2 Å². The first-order valence-corrected chi connectivity index (χ1v) is 11.5. The number of nitrogens with zero attached hydrogens (tertiary/aromatic N) is 1. The van der Waals surface area contributed by atoms with Crippen molar-refractivity contribution in [2.45, 2.75) is 11.3 Å². The highest BCUT2D eigenvalue weighted by Gasteiger charge is 2.20. The normalized spacial score (nSPS) is 10.7. The Bertz CT molecular complexity index is 1280. The average Bonchev–Trinajstić information content (AvgIpc) is 2.84. The van der Waals surface area contributed by atoms with Crippen LogP contribution in [-0.2, 0) is 21.2 Å². The number of nitrogens with one attached hydrogen (secondary N) is 2. The van der Waals surface area contributed by atoms with Crippen molar-refractivity contribution in [3.63, 3.8) is 0 Å². The van der Waals surface area contributed by atoms with Crippen molar-refractivity contribution < 1.29 is 32.3 Å². The maximum absolute atomic E-state index is 12.7. The van der Waals surface area contributed by atoms with Gasteiger partial charge in [0.1, 0.15) is 0 Å². The maximum Gasteiger partial charge on any atom is 0.514 e. The molecule has 11 heteroatoms. The van der Waals surface area contributed by atoms with Crippen LogP contribution in [0.4, 0.5) is 4.79 Å². The Labute approximate surface area is 196 Å². The largest absolute Gasteiger partial charge is 0.514 e. The molecule has 3 aromatic rings. The Balaban J connectivity index is 1.63. The lowest BCUT2D eigenvalue weighted by atomic mass is 10.1. The summed E-state index contributed by atoms with van der Waals surface area (Å²) in [6, 6.07) is 17.4. The van der Waals surface area contributed by atoms with Crippen molar-refractivity contribution in [1.82, 2.24) is 15.0 Å². The fraction of sp³-hybridized carbons (Fsp3) is 0.130. The van der Waals surface area contributed by atoms with E-state index in [2.05, 4.69) is 15.0 Å². The first kappa shape index (κ1) is 24.4. The van der Waals surface area contributed by atoms with Gasteiger partial charge in [-0.15, -0.1) is 0 Å². The minimum absolute atomic E-state index is 0.0874. The van der Waals surface area contributed by atoms with E-state index in [9.17, 15) is 22.8 Å². The van der Waals surface area contributed by atoms with Crippen LogP contribution >= 0.6 is 0 Å². The molecule has 0 radical (unpaired) electrons. The van der Waals surface area contributed by atoms with E-state index in [-0.39, 0.29) is 21.9 Å². The molecule has 0 saturated carbocycles. The first-order valence-electron chi connectivity index (χ1n) is 9.99. The van der Waals surface area contributed by atoms with Gasteiger partial charge in [0, 0.05) is 24.4 Å². The predicted molar refractivity (Wildman–Crippen MR) is 121 cm³/mol. The standard InChI is InChI=1S/C23H21N3O7S/c1-32-23(29)33-20-11-10-18(15-25-20)22(28)26-34(30,31)19-9-5-8-17(14-19)21(27)24-13-12-16-6-3-2-4-7-16/h2-11,14-15H,12-13H2,1H3,(H,24,27)(H,26,28). The van der Waals surface area contributed by atoms with Crippen LogP contribution in [0.15, 0.2) is 77.8 Å². The monoisotopic (exact) mass is 483 g/mol. The SMILES string of the molecule is COC(=O)Oc1ccc(C(=O)NS(=O)(=O)c2cccc(C(=O)NCCc3ccccc3)c2)cn1. The van der Waals surface area contributed by atoms with Crippen LogP contribution < -0.4 is 14.8 Å². The third-order valence-electron chi connectivity index (χ3n) is 4.53. The van der Waals surface area contributed by atoms with Crippen LogP contribution in [0.3, 0.4) is 0 Å². The summed E-state index contributed by atoms with van der Waals surface area (Å²) in [5, 5.41) is 2.74. The maximum atomic E-state index is 12.7. The van der Waals surface area contributed by atoms with Crippen LogP contribution in [0.1, 0.15) is 26.3 Å². The molecule has 0 atom stereocenters. The van der Waals surface area contributed by atoms with Crippen LogP contribution in [-0.4, -0.2) is 45.0 Å². The molecule has 10 nitrogen and oxygen atoms in total. The van der Waals surface area contributed by atoms with Crippen molar-refractivity contribution in [3.05, 3.63) is 89.6 Å². The van der Waals surface area contributed by atoms with E-state index in [0.29, 0.717) is 13.0 Å². The van der Waals surface area contributed by atoms with Crippen molar-refractivity contribution in [2.75, 3.05) is 13.7 Å². The molecule has 1 aromatic heterocycles. The second-order valence-corrected chi connectivity index (χ2v) is 8.58. The lowest BCUT2D eigenvalue weighted by Gasteiger charge is -2.09. The Morgan fingerprint density at radius 2 is 1.68 bits per heavy atom. The van der Waals surface area contributed by atoms with Crippen molar-refractivity contribution in [3.8, 4) is 5.88 Å². The molecule has 176 valence electrons. The molecule has 1 heterocycles. The summed E-state index contributed by atoms with van der Waals surface area (Å²) >= 11 is 0. The Kier molecular flexibility index (Phi) is 7.93. The molecule has 0 saturated heterocycles. The van der Waals surface area contributed by atoms with E-state index in [1.807, 2.05) is 35.1 Å². The van der Waals surface area contributed by atoms with Crippen molar-refractivity contribution in [2.24, 2.45) is 0 Å². The molecule has 2 amide bonds. The van der Waals surface area contributed by atoms with Gasteiger partial charge in [-0.2, -0.15) is 0 Å².